The summed E-state index contributed by atoms with van der Waals surface area (Å²) in [6.07, 6.45) is 3.76. The Morgan fingerprint density at radius 3 is 2.52 bits per heavy atom. The van der Waals surface area contributed by atoms with Crippen molar-refractivity contribution in [1.82, 2.24) is 9.38 Å². The van der Waals surface area contributed by atoms with Gasteiger partial charge in [0.25, 0.3) is 0 Å². The summed E-state index contributed by atoms with van der Waals surface area (Å²) in [5.74, 6) is -0.637. The average Bonchev–Trinajstić information content (AvgIpc) is 3.30. The molecule has 6 nitrogen and oxygen atoms in total. The first-order valence-electron chi connectivity index (χ1n) is 8.71. The van der Waals surface area contributed by atoms with E-state index >= 15 is 0 Å². The summed E-state index contributed by atoms with van der Waals surface area (Å²) in [4.78, 5) is 17.8. The van der Waals surface area contributed by atoms with Crippen LogP contribution in [0.15, 0.2) is 71.2 Å². The molecule has 4 rings (SSSR count). The Kier molecular flexibility index (Phi) is 5.40. The van der Waals surface area contributed by atoms with Crippen molar-refractivity contribution in [1.29, 1.82) is 0 Å². The number of aromatic nitrogens is 2. The lowest BCUT2D eigenvalue weighted by Gasteiger charge is -2.07. The number of rotatable bonds is 6. The molecule has 0 fully saturated rings. The van der Waals surface area contributed by atoms with Crippen LogP contribution >= 0.6 is 22.9 Å². The van der Waals surface area contributed by atoms with E-state index in [1.165, 1.54) is 24.3 Å². The van der Waals surface area contributed by atoms with Gasteiger partial charge in [-0.2, -0.15) is 0 Å². The summed E-state index contributed by atoms with van der Waals surface area (Å²) in [7, 11) is -3.54. The van der Waals surface area contributed by atoms with Gasteiger partial charge in [0.1, 0.15) is 0 Å². The first-order valence-corrected chi connectivity index (χ1v) is 11.6. The Hall–Kier alpha value is -2.68. The van der Waals surface area contributed by atoms with Gasteiger partial charge in [0.05, 0.1) is 16.3 Å². The first-order chi connectivity index (χ1) is 13.9. The Morgan fingerprint density at radius 1 is 1.10 bits per heavy atom. The molecule has 0 aliphatic carbocycles. The molecule has 9 heteroatoms. The van der Waals surface area contributed by atoms with Crippen LogP contribution in [0.4, 0.5) is 5.69 Å². The number of hydrogen-bond donors (Lipinski definition) is 1. The maximum Gasteiger partial charge on any atom is 0.225 e. The third kappa shape index (κ3) is 4.50. The SMILES string of the molecule is O=C(CCS(=O)(=O)c1ccc(Cl)cc1)Nc1ccc(-c2cn3ccsc3n2)cc1. The summed E-state index contributed by atoms with van der Waals surface area (Å²) >= 11 is 7.34. The zero-order chi connectivity index (χ0) is 20.4. The van der Waals surface area contributed by atoms with Crippen LogP contribution in [0, 0.1) is 0 Å². The summed E-state index contributed by atoms with van der Waals surface area (Å²) in [6, 6.07) is 13.2. The molecule has 0 radical (unpaired) electrons. The number of imidazole rings is 1. The van der Waals surface area contributed by atoms with Crippen LogP contribution in [0.5, 0.6) is 0 Å². The van der Waals surface area contributed by atoms with Gasteiger partial charge in [-0.15, -0.1) is 11.3 Å². The molecule has 2 heterocycles. The van der Waals surface area contributed by atoms with Gasteiger partial charge >= 0.3 is 0 Å². The monoisotopic (exact) mass is 445 g/mol. The largest absolute Gasteiger partial charge is 0.326 e. The molecule has 1 N–H and O–H groups in total. The smallest absolute Gasteiger partial charge is 0.225 e. The van der Waals surface area contributed by atoms with E-state index < -0.39 is 9.84 Å². The number of benzene rings is 2. The van der Waals surface area contributed by atoms with Crippen molar-refractivity contribution < 1.29 is 13.2 Å². The highest BCUT2D eigenvalue weighted by Crippen LogP contribution is 2.23. The minimum Gasteiger partial charge on any atom is -0.326 e. The van der Waals surface area contributed by atoms with Gasteiger partial charge in [0, 0.05) is 40.5 Å². The van der Waals surface area contributed by atoms with Gasteiger partial charge in [-0.1, -0.05) is 23.7 Å². The number of carbonyl (C=O) groups excluding carboxylic acids is 1. The number of amides is 1. The van der Waals surface area contributed by atoms with Crippen molar-refractivity contribution in [3.05, 3.63) is 71.3 Å². The Balaban J connectivity index is 1.37. The second-order valence-corrected chi connectivity index (χ2v) is 9.79. The number of nitrogens with one attached hydrogen (secondary N) is 1. The zero-order valence-corrected chi connectivity index (χ0v) is 17.5. The zero-order valence-electron chi connectivity index (χ0n) is 15.1. The second-order valence-electron chi connectivity index (χ2n) is 6.37. The predicted octanol–water partition coefficient (Wildman–Crippen LogP) is 4.52. The number of anilines is 1. The summed E-state index contributed by atoms with van der Waals surface area (Å²) in [5.41, 5.74) is 2.39. The summed E-state index contributed by atoms with van der Waals surface area (Å²) in [5, 5.41) is 5.16. The molecule has 0 saturated heterocycles. The topological polar surface area (TPSA) is 80.5 Å². The van der Waals surface area contributed by atoms with Crippen molar-refractivity contribution in [2.75, 3.05) is 11.1 Å². The second kappa shape index (κ2) is 7.98. The lowest BCUT2D eigenvalue weighted by Crippen LogP contribution is -2.17. The minimum absolute atomic E-state index is 0.135. The van der Waals surface area contributed by atoms with E-state index in [0.29, 0.717) is 10.7 Å². The number of sulfone groups is 1. The van der Waals surface area contributed by atoms with E-state index in [0.717, 1.165) is 16.2 Å². The van der Waals surface area contributed by atoms with E-state index in [4.69, 9.17) is 11.6 Å². The third-order valence-corrected chi connectivity index (χ3v) is 7.08. The van der Waals surface area contributed by atoms with E-state index in [2.05, 4.69) is 10.3 Å². The number of halogens is 1. The van der Waals surface area contributed by atoms with Crippen molar-refractivity contribution in [3.8, 4) is 11.3 Å². The van der Waals surface area contributed by atoms with Crippen LogP contribution in [-0.4, -0.2) is 29.5 Å². The Morgan fingerprint density at radius 2 is 1.83 bits per heavy atom. The molecular weight excluding hydrogens is 430 g/mol. The van der Waals surface area contributed by atoms with Crippen LogP contribution in [0.3, 0.4) is 0 Å². The average molecular weight is 446 g/mol. The van der Waals surface area contributed by atoms with Gasteiger partial charge < -0.3 is 5.32 Å². The van der Waals surface area contributed by atoms with Crippen LogP contribution < -0.4 is 5.32 Å². The molecule has 2 aromatic carbocycles. The fraction of sp³-hybridized carbons (Fsp3) is 0.100. The van der Waals surface area contributed by atoms with E-state index in [1.807, 2.05) is 34.3 Å². The van der Waals surface area contributed by atoms with Crippen molar-refractivity contribution in [2.24, 2.45) is 0 Å². The molecule has 0 atom stereocenters. The van der Waals surface area contributed by atoms with E-state index in [9.17, 15) is 13.2 Å². The molecular formula is C20H16ClN3O3S2. The number of thiazole rings is 1. The highest BCUT2D eigenvalue weighted by molar-refractivity contribution is 7.91. The highest BCUT2D eigenvalue weighted by atomic mass is 35.5. The van der Waals surface area contributed by atoms with Crippen molar-refractivity contribution in [2.45, 2.75) is 11.3 Å². The molecule has 0 spiro atoms. The van der Waals surface area contributed by atoms with E-state index in [-0.39, 0.29) is 23.0 Å². The first kappa shape index (κ1) is 19.6. The number of hydrogen-bond acceptors (Lipinski definition) is 5. The van der Waals surface area contributed by atoms with Gasteiger partial charge in [-0.05, 0) is 36.4 Å². The van der Waals surface area contributed by atoms with Crippen LogP contribution in [0.25, 0.3) is 16.2 Å². The highest BCUT2D eigenvalue weighted by Gasteiger charge is 2.16. The Bertz CT molecular complexity index is 1230. The molecule has 0 aliphatic rings. The standard InChI is InChI=1S/C20H16ClN3O3S2/c21-15-3-7-17(8-4-15)29(26,27)12-9-19(25)22-16-5-1-14(2-6-16)18-13-24-10-11-28-20(24)23-18/h1-8,10-11,13H,9,12H2,(H,22,25). The molecule has 0 saturated carbocycles. The number of nitrogens with zero attached hydrogens (tertiary/aromatic N) is 2. The molecule has 0 unspecified atom stereocenters. The fourth-order valence-corrected chi connectivity index (χ4v) is 4.87. The van der Waals surface area contributed by atoms with Crippen LogP contribution in [0.1, 0.15) is 6.42 Å². The van der Waals surface area contributed by atoms with E-state index in [1.54, 1.807) is 23.5 Å². The van der Waals surface area contributed by atoms with Gasteiger partial charge in [-0.25, -0.2) is 13.4 Å². The summed E-state index contributed by atoms with van der Waals surface area (Å²) < 4.78 is 26.6. The van der Waals surface area contributed by atoms with Crippen LogP contribution in [0.2, 0.25) is 5.02 Å². The molecule has 148 valence electrons. The molecule has 2 aromatic heterocycles. The molecule has 4 aromatic rings. The number of fused-ring (bicyclic) bond motifs is 1. The Labute approximate surface area is 176 Å². The minimum atomic E-state index is -3.54. The lowest BCUT2D eigenvalue weighted by atomic mass is 10.1. The molecule has 29 heavy (non-hydrogen) atoms. The van der Waals surface area contributed by atoms with Gasteiger partial charge in [0.15, 0.2) is 14.8 Å². The fourth-order valence-electron chi connectivity index (χ4n) is 2.80. The molecule has 1 amide bonds. The lowest BCUT2D eigenvalue weighted by molar-refractivity contribution is -0.115. The normalized spacial score (nSPS) is 11.6. The van der Waals surface area contributed by atoms with Crippen molar-refractivity contribution >= 4 is 49.3 Å². The molecule has 0 bridgehead atoms. The summed E-state index contributed by atoms with van der Waals surface area (Å²) in [6.45, 7) is 0. The molecule has 0 aliphatic heterocycles. The van der Waals surface area contributed by atoms with Crippen LogP contribution in [-0.2, 0) is 14.6 Å². The van der Waals surface area contributed by atoms with Gasteiger partial charge in [-0.3, -0.25) is 9.20 Å². The third-order valence-electron chi connectivity index (χ3n) is 4.33. The maximum absolute atomic E-state index is 12.3. The predicted molar refractivity (Wildman–Crippen MR) is 115 cm³/mol. The maximum atomic E-state index is 12.3. The van der Waals surface area contributed by atoms with Gasteiger partial charge in [0.2, 0.25) is 5.91 Å². The van der Waals surface area contributed by atoms with Crippen molar-refractivity contribution in [3.63, 3.8) is 0 Å². The quantitative estimate of drug-likeness (QED) is 0.473. The number of carbonyl (C=O) groups is 1.